The second-order valence-electron chi connectivity index (χ2n) is 4.73. The third-order valence-corrected chi connectivity index (χ3v) is 3.61. The number of nitrogens with zero attached hydrogens (tertiary/aromatic N) is 2. The van der Waals surface area contributed by atoms with Crippen LogP contribution in [-0.2, 0) is 6.42 Å². The lowest BCUT2D eigenvalue weighted by atomic mass is 10.1. The summed E-state index contributed by atoms with van der Waals surface area (Å²) in [5, 5.41) is 3.26. The Bertz CT molecular complexity index is 437. The highest BCUT2D eigenvalue weighted by atomic mass is 32.2. The molecule has 0 aromatic carbocycles. The molecule has 0 fully saturated rings. The van der Waals surface area contributed by atoms with Gasteiger partial charge in [0, 0.05) is 37.1 Å². The molecule has 5 heteroatoms. The molecule has 1 N–H and O–H groups in total. The van der Waals surface area contributed by atoms with Crippen molar-refractivity contribution in [2.45, 2.75) is 26.7 Å². The molecular formula is C15H25N3OS. The van der Waals surface area contributed by atoms with Gasteiger partial charge in [0.15, 0.2) is 0 Å². The summed E-state index contributed by atoms with van der Waals surface area (Å²) in [6, 6.07) is 3.75. The average Bonchev–Trinajstić information content (AvgIpc) is 2.49. The third-order valence-electron chi connectivity index (χ3n) is 3.02. The second kappa shape index (κ2) is 8.84. The van der Waals surface area contributed by atoms with Crippen LogP contribution in [0.25, 0.3) is 0 Å². The van der Waals surface area contributed by atoms with Crippen molar-refractivity contribution < 1.29 is 4.79 Å². The van der Waals surface area contributed by atoms with Crippen LogP contribution in [0.3, 0.4) is 0 Å². The maximum atomic E-state index is 12.4. The van der Waals surface area contributed by atoms with E-state index in [-0.39, 0.29) is 5.91 Å². The number of hydrogen-bond donors (Lipinski definition) is 1. The fraction of sp³-hybridized carbons (Fsp3) is 0.600. The van der Waals surface area contributed by atoms with Gasteiger partial charge in [-0.05, 0) is 31.2 Å². The van der Waals surface area contributed by atoms with Crippen molar-refractivity contribution in [2.24, 2.45) is 0 Å². The highest BCUT2D eigenvalue weighted by Gasteiger charge is 2.13. The number of aryl methyl sites for hydroxylation is 1. The van der Waals surface area contributed by atoms with Crippen LogP contribution < -0.4 is 5.32 Å². The predicted molar refractivity (Wildman–Crippen MR) is 87.7 cm³/mol. The van der Waals surface area contributed by atoms with Crippen molar-refractivity contribution in [3.05, 3.63) is 23.4 Å². The molecule has 0 bridgehead atoms. The molecule has 4 nitrogen and oxygen atoms in total. The van der Waals surface area contributed by atoms with Gasteiger partial charge in [0.25, 0.3) is 5.91 Å². The first-order chi connectivity index (χ1) is 9.62. The van der Waals surface area contributed by atoms with E-state index in [0.717, 1.165) is 48.8 Å². The number of carbonyl (C=O) groups excluding carboxylic acids is 1. The Balaban J connectivity index is 2.89. The summed E-state index contributed by atoms with van der Waals surface area (Å²) in [6.07, 6.45) is 3.91. The Morgan fingerprint density at radius 2 is 2.15 bits per heavy atom. The van der Waals surface area contributed by atoms with Gasteiger partial charge in [-0.2, -0.15) is 11.8 Å². The summed E-state index contributed by atoms with van der Waals surface area (Å²) >= 11 is 1.75. The molecular weight excluding hydrogens is 270 g/mol. The molecule has 1 amide bonds. The van der Waals surface area contributed by atoms with E-state index in [4.69, 9.17) is 0 Å². The number of anilines is 1. The van der Waals surface area contributed by atoms with E-state index in [1.807, 2.05) is 25.4 Å². The monoisotopic (exact) mass is 295 g/mol. The van der Waals surface area contributed by atoms with E-state index in [1.54, 1.807) is 16.7 Å². The first-order valence-electron chi connectivity index (χ1n) is 7.11. The molecule has 0 aliphatic carbocycles. The predicted octanol–water partition coefficient (Wildman–Crippen LogP) is 2.90. The molecule has 112 valence electrons. The number of aromatic nitrogens is 1. The lowest BCUT2D eigenvalue weighted by Crippen LogP contribution is -2.29. The summed E-state index contributed by atoms with van der Waals surface area (Å²) in [5.41, 5.74) is 1.67. The lowest BCUT2D eigenvalue weighted by molar-refractivity contribution is 0.0803. The van der Waals surface area contributed by atoms with E-state index in [0.29, 0.717) is 0 Å². The average molecular weight is 295 g/mol. The Morgan fingerprint density at radius 1 is 1.40 bits per heavy atom. The SMILES string of the molecule is CCCNc1cc(C(=O)N(C)CCSC)cc(CC)n1. The zero-order valence-corrected chi connectivity index (χ0v) is 13.7. The molecule has 1 aromatic rings. The molecule has 0 saturated heterocycles. The van der Waals surface area contributed by atoms with Crippen molar-refractivity contribution in [1.82, 2.24) is 9.88 Å². The fourth-order valence-electron chi connectivity index (χ4n) is 1.79. The van der Waals surface area contributed by atoms with Gasteiger partial charge < -0.3 is 10.2 Å². The van der Waals surface area contributed by atoms with Gasteiger partial charge in [-0.15, -0.1) is 0 Å². The minimum absolute atomic E-state index is 0.0655. The Kier molecular flexibility index (Phi) is 7.44. The topological polar surface area (TPSA) is 45.2 Å². The van der Waals surface area contributed by atoms with Gasteiger partial charge in [0.05, 0.1) is 0 Å². The van der Waals surface area contributed by atoms with Gasteiger partial charge in [0.1, 0.15) is 5.82 Å². The number of hydrogen-bond acceptors (Lipinski definition) is 4. The normalized spacial score (nSPS) is 10.4. The van der Waals surface area contributed by atoms with Gasteiger partial charge >= 0.3 is 0 Å². The van der Waals surface area contributed by atoms with Crippen LogP contribution in [-0.4, -0.2) is 47.9 Å². The number of thioether (sulfide) groups is 1. The van der Waals surface area contributed by atoms with Crippen LogP contribution in [0.4, 0.5) is 5.82 Å². The van der Waals surface area contributed by atoms with Crippen molar-refractivity contribution in [2.75, 3.05) is 37.5 Å². The van der Waals surface area contributed by atoms with Crippen molar-refractivity contribution in [3.8, 4) is 0 Å². The first-order valence-corrected chi connectivity index (χ1v) is 8.51. The van der Waals surface area contributed by atoms with Gasteiger partial charge in [-0.25, -0.2) is 4.98 Å². The van der Waals surface area contributed by atoms with E-state index < -0.39 is 0 Å². The molecule has 20 heavy (non-hydrogen) atoms. The summed E-state index contributed by atoms with van der Waals surface area (Å²) < 4.78 is 0. The minimum Gasteiger partial charge on any atom is -0.370 e. The van der Waals surface area contributed by atoms with Crippen LogP contribution in [0.1, 0.15) is 36.3 Å². The zero-order chi connectivity index (χ0) is 15.0. The van der Waals surface area contributed by atoms with Gasteiger partial charge in [-0.3, -0.25) is 4.79 Å². The third kappa shape index (κ3) is 5.04. The van der Waals surface area contributed by atoms with Crippen molar-refractivity contribution in [3.63, 3.8) is 0 Å². The van der Waals surface area contributed by atoms with Crippen LogP contribution >= 0.6 is 11.8 Å². The molecule has 0 unspecified atom stereocenters. The van der Waals surface area contributed by atoms with Crippen LogP contribution in [0.15, 0.2) is 12.1 Å². The number of pyridine rings is 1. The van der Waals surface area contributed by atoms with Crippen molar-refractivity contribution >= 4 is 23.5 Å². The Morgan fingerprint density at radius 3 is 2.75 bits per heavy atom. The summed E-state index contributed by atoms with van der Waals surface area (Å²) in [5.74, 6) is 1.82. The molecule has 1 heterocycles. The van der Waals surface area contributed by atoms with Crippen LogP contribution in [0.2, 0.25) is 0 Å². The maximum Gasteiger partial charge on any atom is 0.253 e. The van der Waals surface area contributed by atoms with E-state index in [2.05, 4.69) is 24.1 Å². The summed E-state index contributed by atoms with van der Waals surface area (Å²) in [7, 11) is 1.85. The highest BCUT2D eigenvalue weighted by Crippen LogP contribution is 2.13. The lowest BCUT2D eigenvalue weighted by Gasteiger charge is -2.17. The van der Waals surface area contributed by atoms with Crippen LogP contribution in [0.5, 0.6) is 0 Å². The summed E-state index contributed by atoms with van der Waals surface area (Å²) in [6.45, 7) is 5.80. The molecule has 0 atom stereocenters. The Hall–Kier alpha value is -1.23. The maximum absolute atomic E-state index is 12.4. The molecule has 0 radical (unpaired) electrons. The number of amides is 1. The van der Waals surface area contributed by atoms with Crippen LogP contribution in [0, 0.1) is 0 Å². The number of carbonyl (C=O) groups is 1. The standard InChI is InChI=1S/C15H25N3OS/c1-5-7-16-14-11-12(10-13(6-2)17-14)15(19)18(3)8-9-20-4/h10-11H,5-9H2,1-4H3,(H,16,17). The van der Waals surface area contributed by atoms with Gasteiger partial charge in [0.2, 0.25) is 0 Å². The number of nitrogens with one attached hydrogen (secondary N) is 1. The van der Waals surface area contributed by atoms with Gasteiger partial charge in [-0.1, -0.05) is 13.8 Å². The zero-order valence-electron chi connectivity index (χ0n) is 12.9. The second-order valence-corrected chi connectivity index (χ2v) is 5.72. The Labute approximate surface area is 126 Å². The largest absolute Gasteiger partial charge is 0.370 e. The first kappa shape index (κ1) is 16.8. The highest BCUT2D eigenvalue weighted by molar-refractivity contribution is 7.98. The smallest absolute Gasteiger partial charge is 0.253 e. The molecule has 1 rings (SSSR count). The van der Waals surface area contributed by atoms with Crippen molar-refractivity contribution in [1.29, 1.82) is 0 Å². The van der Waals surface area contributed by atoms with E-state index >= 15 is 0 Å². The molecule has 0 aliphatic heterocycles. The summed E-state index contributed by atoms with van der Waals surface area (Å²) in [4.78, 5) is 18.7. The number of rotatable bonds is 8. The molecule has 0 saturated carbocycles. The van der Waals surface area contributed by atoms with E-state index in [1.165, 1.54) is 0 Å². The van der Waals surface area contributed by atoms with E-state index in [9.17, 15) is 4.79 Å². The molecule has 1 aromatic heterocycles. The quantitative estimate of drug-likeness (QED) is 0.801. The molecule has 0 spiro atoms. The fourth-order valence-corrected chi connectivity index (χ4v) is 2.24. The molecule has 0 aliphatic rings. The minimum atomic E-state index is 0.0655.